The minimum absolute atomic E-state index is 0.297. The van der Waals surface area contributed by atoms with Gasteiger partial charge >= 0.3 is 18.0 Å². The fourth-order valence-electron chi connectivity index (χ4n) is 1.53. The van der Waals surface area contributed by atoms with E-state index in [-0.39, 0.29) is 6.04 Å². The van der Waals surface area contributed by atoms with Crippen LogP contribution >= 0.6 is 0 Å². The summed E-state index contributed by atoms with van der Waals surface area (Å²) < 4.78 is 1.61. The maximum atomic E-state index is 11.6. The number of rotatable bonds is 7. The first-order valence-corrected chi connectivity index (χ1v) is 5.87. The highest BCUT2D eigenvalue weighted by Crippen LogP contribution is 1.94. The zero-order chi connectivity index (χ0) is 15.1. The monoisotopic (exact) mass is 284 g/mol. The molecule has 1 rings (SSSR count). The normalized spacial score (nSPS) is 13.2. The maximum absolute atomic E-state index is 11.6. The Labute approximate surface area is 114 Å². The van der Waals surface area contributed by atoms with Gasteiger partial charge in [0.1, 0.15) is 6.04 Å². The van der Waals surface area contributed by atoms with Gasteiger partial charge in [0.2, 0.25) is 0 Å². The van der Waals surface area contributed by atoms with E-state index < -0.39 is 30.4 Å². The summed E-state index contributed by atoms with van der Waals surface area (Å²) in [5.74, 6) is -2.70. The third-order valence-corrected chi connectivity index (χ3v) is 2.38. The Morgan fingerprint density at radius 3 is 2.50 bits per heavy atom. The van der Waals surface area contributed by atoms with Gasteiger partial charge in [-0.25, -0.2) is 9.59 Å². The van der Waals surface area contributed by atoms with Crippen molar-refractivity contribution in [3.05, 3.63) is 18.5 Å². The largest absolute Gasteiger partial charge is 0.481 e. The molecule has 0 radical (unpaired) electrons. The molecule has 0 aromatic carbocycles. The minimum Gasteiger partial charge on any atom is -0.481 e. The number of nitrogens with one attached hydrogen (secondary N) is 2. The molecule has 1 heterocycles. The number of hydrogen-bond acceptors (Lipinski definition) is 4. The van der Waals surface area contributed by atoms with Gasteiger partial charge in [-0.15, -0.1) is 0 Å². The molecular formula is C11H16N4O5. The highest BCUT2D eigenvalue weighted by atomic mass is 16.4. The van der Waals surface area contributed by atoms with Crippen molar-refractivity contribution in [2.45, 2.75) is 32.0 Å². The van der Waals surface area contributed by atoms with Gasteiger partial charge in [-0.05, 0) is 13.0 Å². The van der Waals surface area contributed by atoms with Crippen molar-refractivity contribution in [2.75, 3.05) is 0 Å². The van der Waals surface area contributed by atoms with E-state index in [9.17, 15) is 14.4 Å². The molecular weight excluding hydrogens is 268 g/mol. The molecule has 110 valence electrons. The second-order valence-corrected chi connectivity index (χ2v) is 4.24. The summed E-state index contributed by atoms with van der Waals surface area (Å²) in [6.45, 7) is 2.13. The third-order valence-electron chi connectivity index (χ3n) is 2.38. The number of aromatic nitrogens is 2. The van der Waals surface area contributed by atoms with Crippen molar-refractivity contribution >= 4 is 18.0 Å². The van der Waals surface area contributed by atoms with Crippen LogP contribution < -0.4 is 10.6 Å². The van der Waals surface area contributed by atoms with Crippen LogP contribution in [-0.4, -0.2) is 50.0 Å². The van der Waals surface area contributed by atoms with Crippen LogP contribution in [-0.2, 0) is 16.1 Å². The molecule has 9 heteroatoms. The Hall–Kier alpha value is -2.58. The number of nitrogens with zero attached hydrogens (tertiary/aromatic N) is 2. The summed E-state index contributed by atoms with van der Waals surface area (Å²) in [6.07, 6.45) is 2.64. The molecule has 20 heavy (non-hydrogen) atoms. The van der Waals surface area contributed by atoms with Crippen molar-refractivity contribution in [3.8, 4) is 0 Å². The molecule has 1 aromatic heterocycles. The molecule has 2 atom stereocenters. The van der Waals surface area contributed by atoms with Crippen molar-refractivity contribution in [2.24, 2.45) is 0 Å². The smallest absolute Gasteiger partial charge is 0.326 e. The van der Waals surface area contributed by atoms with Crippen molar-refractivity contribution < 1.29 is 24.6 Å². The van der Waals surface area contributed by atoms with Crippen LogP contribution in [0.4, 0.5) is 4.79 Å². The minimum atomic E-state index is -1.47. The molecule has 0 spiro atoms. The lowest BCUT2D eigenvalue weighted by atomic mass is 10.2. The molecule has 0 aliphatic rings. The lowest BCUT2D eigenvalue weighted by molar-refractivity contribution is -0.145. The molecule has 0 bridgehead atoms. The number of carbonyl (C=O) groups is 3. The van der Waals surface area contributed by atoms with Crippen molar-refractivity contribution in [3.63, 3.8) is 0 Å². The lowest BCUT2D eigenvalue weighted by Crippen LogP contribution is -2.49. The van der Waals surface area contributed by atoms with Crippen LogP contribution in [0.25, 0.3) is 0 Å². The average molecular weight is 284 g/mol. The number of aliphatic carboxylic acids is 2. The summed E-state index contributed by atoms with van der Waals surface area (Å²) in [5, 5.41) is 25.9. The summed E-state index contributed by atoms with van der Waals surface area (Å²) in [4.78, 5) is 32.8. The highest BCUT2D eigenvalue weighted by Gasteiger charge is 2.23. The second-order valence-electron chi connectivity index (χ2n) is 4.24. The van der Waals surface area contributed by atoms with E-state index in [1.807, 2.05) is 0 Å². The SMILES string of the molecule is CC(Cn1cccn1)NC(=O)N[C@H](CC(=O)O)C(=O)O. The molecule has 0 saturated carbocycles. The first-order valence-electron chi connectivity index (χ1n) is 5.87. The van der Waals surface area contributed by atoms with E-state index in [4.69, 9.17) is 10.2 Å². The molecule has 0 fully saturated rings. The molecule has 0 aliphatic carbocycles. The van der Waals surface area contributed by atoms with Gasteiger partial charge in [-0.1, -0.05) is 0 Å². The van der Waals surface area contributed by atoms with Gasteiger partial charge in [0.05, 0.1) is 13.0 Å². The number of carboxylic acid groups (broad SMARTS) is 2. The first-order chi connectivity index (χ1) is 9.38. The van der Waals surface area contributed by atoms with E-state index >= 15 is 0 Å². The fourth-order valence-corrected chi connectivity index (χ4v) is 1.53. The van der Waals surface area contributed by atoms with Gasteiger partial charge in [-0.3, -0.25) is 9.48 Å². The number of carbonyl (C=O) groups excluding carboxylic acids is 1. The summed E-state index contributed by atoms with van der Waals surface area (Å²) in [6, 6.07) is -0.767. The topological polar surface area (TPSA) is 134 Å². The lowest BCUT2D eigenvalue weighted by Gasteiger charge is -2.17. The molecule has 2 amide bonds. The maximum Gasteiger partial charge on any atom is 0.326 e. The summed E-state index contributed by atoms with van der Waals surface area (Å²) >= 11 is 0. The van der Waals surface area contributed by atoms with E-state index in [0.29, 0.717) is 6.54 Å². The van der Waals surface area contributed by atoms with Crippen LogP contribution in [0.2, 0.25) is 0 Å². The van der Waals surface area contributed by atoms with Crippen molar-refractivity contribution in [1.82, 2.24) is 20.4 Å². The second kappa shape index (κ2) is 7.12. The Morgan fingerprint density at radius 1 is 1.30 bits per heavy atom. The standard InChI is InChI=1S/C11H16N4O5/c1-7(6-15-4-2-3-12-15)13-11(20)14-8(10(18)19)5-9(16)17/h2-4,7-8H,5-6H2,1H3,(H,16,17)(H,18,19)(H2,13,14,20)/t7?,8-/m1/s1. The predicted octanol–water partition coefficient (Wildman–Crippen LogP) is -0.501. The van der Waals surface area contributed by atoms with Gasteiger partial charge in [0.15, 0.2) is 0 Å². The van der Waals surface area contributed by atoms with Crippen LogP contribution in [0.1, 0.15) is 13.3 Å². The molecule has 0 aliphatic heterocycles. The summed E-state index contributed by atoms with van der Waals surface area (Å²) in [7, 11) is 0. The van der Waals surface area contributed by atoms with Crippen LogP contribution in [0.3, 0.4) is 0 Å². The fraction of sp³-hybridized carbons (Fsp3) is 0.455. The molecule has 1 aromatic rings. The Balaban J connectivity index is 2.44. The number of urea groups is 1. The number of hydrogen-bond donors (Lipinski definition) is 4. The van der Waals surface area contributed by atoms with Gasteiger partial charge in [-0.2, -0.15) is 5.10 Å². The number of amides is 2. The quantitative estimate of drug-likeness (QED) is 0.533. The third kappa shape index (κ3) is 5.38. The Morgan fingerprint density at radius 2 is 2.00 bits per heavy atom. The van der Waals surface area contributed by atoms with Gasteiger partial charge < -0.3 is 20.8 Å². The van der Waals surface area contributed by atoms with E-state index in [1.165, 1.54) is 0 Å². The zero-order valence-corrected chi connectivity index (χ0v) is 10.8. The van der Waals surface area contributed by atoms with Crippen LogP contribution in [0, 0.1) is 0 Å². The molecule has 4 N–H and O–H groups in total. The molecule has 9 nitrogen and oxygen atoms in total. The first kappa shape index (κ1) is 15.5. The Bertz CT molecular complexity index is 473. The highest BCUT2D eigenvalue weighted by molar-refractivity contribution is 5.86. The van der Waals surface area contributed by atoms with Gasteiger partial charge in [0, 0.05) is 18.4 Å². The van der Waals surface area contributed by atoms with Gasteiger partial charge in [0.25, 0.3) is 0 Å². The van der Waals surface area contributed by atoms with Crippen molar-refractivity contribution in [1.29, 1.82) is 0 Å². The summed E-state index contributed by atoms with van der Waals surface area (Å²) in [5.41, 5.74) is 0. The Kier molecular flexibility index (Phi) is 5.51. The van der Waals surface area contributed by atoms with Crippen LogP contribution in [0.15, 0.2) is 18.5 Å². The van der Waals surface area contributed by atoms with E-state index in [0.717, 1.165) is 0 Å². The average Bonchev–Trinajstić information content (AvgIpc) is 2.79. The van der Waals surface area contributed by atoms with E-state index in [1.54, 1.807) is 30.1 Å². The number of carboxylic acids is 2. The van der Waals surface area contributed by atoms with Crippen LogP contribution in [0.5, 0.6) is 0 Å². The predicted molar refractivity (Wildman–Crippen MR) is 67.0 cm³/mol. The molecule has 1 unspecified atom stereocenters. The zero-order valence-electron chi connectivity index (χ0n) is 10.8. The molecule has 0 saturated heterocycles. The van der Waals surface area contributed by atoms with E-state index in [2.05, 4.69) is 15.7 Å².